The van der Waals surface area contributed by atoms with Crippen molar-refractivity contribution < 1.29 is 17.6 Å². The van der Waals surface area contributed by atoms with Crippen LogP contribution < -0.4 is 4.90 Å². The van der Waals surface area contributed by atoms with Gasteiger partial charge in [-0.15, -0.1) is 0 Å². The largest absolute Gasteiger partial charge is 0.309 e. The van der Waals surface area contributed by atoms with E-state index in [1.807, 2.05) is 38.4 Å². The van der Waals surface area contributed by atoms with Crippen molar-refractivity contribution >= 4 is 42.6 Å². The minimum Gasteiger partial charge on any atom is -0.309 e. The fourth-order valence-corrected chi connectivity index (χ4v) is 6.61. The molecule has 182 valence electrons. The van der Waals surface area contributed by atoms with E-state index in [1.54, 1.807) is 4.90 Å². The lowest BCUT2D eigenvalue weighted by molar-refractivity contribution is -0.123. The molecular formula is C24H29FN4O3S2. The molecule has 0 atom stereocenters. The molecule has 34 heavy (non-hydrogen) atoms. The van der Waals surface area contributed by atoms with E-state index in [0.717, 1.165) is 35.3 Å². The molecule has 0 aliphatic carbocycles. The normalized spacial score (nSPS) is 15.8. The number of rotatable bonds is 8. The van der Waals surface area contributed by atoms with E-state index in [2.05, 4.69) is 4.90 Å². The second-order valence-corrected chi connectivity index (χ2v) is 11.7. The second kappa shape index (κ2) is 10.5. The molecule has 2 heterocycles. The van der Waals surface area contributed by atoms with Gasteiger partial charge in [-0.1, -0.05) is 23.5 Å². The van der Waals surface area contributed by atoms with Gasteiger partial charge in [0.15, 0.2) is 5.13 Å². The summed E-state index contributed by atoms with van der Waals surface area (Å²) in [5.41, 5.74) is 0.869. The van der Waals surface area contributed by atoms with Gasteiger partial charge in [0, 0.05) is 25.6 Å². The highest BCUT2D eigenvalue weighted by Crippen LogP contribution is 2.32. The topological polar surface area (TPSA) is 73.8 Å². The SMILES string of the molecule is CN(C)CCCN(C(=O)C1CCN(S(=O)(=O)c2ccc(F)cc2)CC1)c1nc2ccccc2s1. The minimum absolute atomic E-state index is 0.00311. The summed E-state index contributed by atoms with van der Waals surface area (Å²) >= 11 is 1.50. The first-order chi connectivity index (χ1) is 16.3. The van der Waals surface area contributed by atoms with Crippen molar-refractivity contribution in [2.24, 2.45) is 5.92 Å². The van der Waals surface area contributed by atoms with Crippen LogP contribution in [-0.2, 0) is 14.8 Å². The van der Waals surface area contributed by atoms with Crippen LogP contribution >= 0.6 is 11.3 Å². The summed E-state index contributed by atoms with van der Waals surface area (Å²) in [5, 5.41) is 0.686. The highest BCUT2D eigenvalue weighted by Gasteiger charge is 2.35. The zero-order valence-electron chi connectivity index (χ0n) is 19.4. The van der Waals surface area contributed by atoms with Crippen LogP contribution in [0.25, 0.3) is 10.2 Å². The molecule has 4 rings (SSSR count). The standard InChI is InChI=1S/C24H29FN4O3S2/c1-27(2)14-5-15-29(24-26-21-6-3-4-7-22(21)33-24)23(30)18-12-16-28(17-13-18)34(31,32)20-10-8-19(25)9-11-20/h3-4,6-11,18H,5,12-17H2,1-2H3. The summed E-state index contributed by atoms with van der Waals surface area (Å²) in [6.45, 7) is 1.91. The van der Waals surface area contributed by atoms with Crippen molar-refractivity contribution in [1.82, 2.24) is 14.2 Å². The van der Waals surface area contributed by atoms with Crippen molar-refractivity contribution in [3.05, 3.63) is 54.3 Å². The third-order valence-corrected chi connectivity index (χ3v) is 8.99. The zero-order valence-corrected chi connectivity index (χ0v) is 21.0. The predicted octanol–water partition coefficient (Wildman–Crippen LogP) is 3.82. The Morgan fingerprint density at radius 1 is 1.09 bits per heavy atom. The van der Waals surface area contributed by atoms with Gasteiger partial charge >= 0.3 is 0 Å². The molecule has 0 radical (unpaired) electrons. The molecule has 0 N–H and O–H groups in total. The first-order valence-corrected chi connectivity index (χ1v) is 13.6. The highest BCUT2D eigenvalue weighted by molar-refractivity contribution is 7.89. The van der Waals surface area contributed by atoms with Gasteiger partial charge in [0.05, 0.1) is 15.1 Å². The number of thiazole rings is 1. The molecule has 1 amide bonds. The van der Waals surface area contributed by atoms with Crippen LogP contribution in [0.3, 0.4) is 0 Å². The van der Waals surface area contributed by atoms with Crippen LogP contribution in [0.2, 0.25) is 0 Å². The molecule has 0 spiro atoms. The molecule has 7 nitrogen and oxygen atoms in total. The quantitative estimate of drug-likeness (QED) is 0.466. The van der Waals surface area contributed by atoms with Crippen LogP contribution in [0, 0.1) is 11.7 Å². The van der Waals surface area contributed by atoms with Gasteiger partial charge in [-0.25, -0.2) is 17.8 Å². The number of hydrogen-bond donors (Lipinski definition) is 0. The van der Waals surface area contributed by atoms with Crippen molar-refractivity contribution in [2.75, 3.05) is 45.2 Å². The highest BCUT2D eigenvalue weighted by atomic mass is 32.2. The Morgan fingerprint density at radius 2 is 1.76 bits per heavy atom. The molecule has 0 saturated carbocycles. The Balaban J connectivity index is 1.48. The van der Waals surface area contributed by atoms with Gasteiger partial charge < -0.3 is 4.90 Å². The lowest BCUT2D eigenvalue weighted by Crippen LogP contribution is -2.45. The van der Waals surface area contributed by atoms with Crippen molar-refractivity contribution in [3.8, 4) is 0 Å². The van der Waals surface area contributed by atoms with E-state index >= 15 is 0 Å². The van der Waals surface area contributed by atoms with Gasteiger partial charge in [0.2, 0.25) is 15.9 Å². The van der Waals surface area contributed by atoms with Crippen LogP contribution in [-0.4, -0.2) is 68.8 Å². The Morgan fingerprint density at radius 3 is 2.41 bits per heavy atom. The van der Waals surface area contributed by atoms with Crippen molar-refractivity contribution in [1.29, 1.82) is 0 Å². The maximum Gasteiger partial charge on any atom is 0.243 e. The van der Waals surface area contributed by atoms with Crippen LogP contribution in [0.5, 0.6) is 0 Å². The van der Waals surface area contributed by atoms with Gasteiger partial charge in [-0.05, 0) is 76.3 Å². The van der Waals surface area contributed by atoms with Gasteiger partial charge in [-0.2, -0.15) is 4.31 Å². The number of amides is 1. The Hall–Kier alpha value is -2.40. The number of hydrogen-bond acceptors (Lipinski definition) is 6. The summed E-state index contributed by atoms with van der Waals surface area (Å²) in [5.74, 6) is -0.755. The smallest absolute Gasteiger partial charge is 0.243 e. The Kier molecular flexibility index (Phi) is 7.61. The number of aromatic nitrogens is 1. The molecular weight excluding hydrogens is 475 g/mol. The predicted molar refractivity (Wildman–Crippen MR) is 133 cm³/mol. The van der Waals surface area contributed by atoms with Crippen LogP contribution in [0.1, 0.15) is 19.3 Å². The third kappa shape index (κ3) is 5.46. The number of fused-ring (bicyclic) bond motifs is 1. The number of sulfonamides is 1. The number of anilines is 1. The molecule has 3 aromatic rings. The molecule has 2 aromatic carbocycles. The third-order valence-electron chi connectivity index (χ3n) is 6.02. The number of para-hydroxylation sites is 1. The summed E-state index contributed by atoms with van der Waals surface area (Å²) < 4.78 is 41.5. The fraction of sp³-hybridized carbons (Fsp3) is 0.417. The lowest BCUT2D eigenvalue weighted by Gasteiger charge is -2.33. The molecule has 1 aliphatic rings. The number of carbonyl (C=O) groups excluding carboxylic acids is 1. The fourth-order valence-electron chi connectivity index (χ4n) is 4.14. The lowest BCUT2D eigenvalue weighted by atomic mass is 9.96. The van der Waals surface area contributed by atoms with E-state index < -0.39 is 15.8 Å². The van der Waals surface area contributed by atoms with Gasteiger partial charge in [0.1, 0.15) is 5.82 Å². The van der Waals surface area contributed by atoms with Gasteiger partial charge in [0.25, 0.3) is 0 Å². The average Bonchev–Trinajstić information content (AvgIpc) is 3.25. The number of piperidine rings is 1. The molecule has 1 fully saturated rings. The number of benzene rings is 2. The van der Waals surface area contributed by atoms with E-state index in [4.69, 9.17) is 4.98 Å². The van der Waals surface area contributed by atoms with Crippen molar-refractivity contribution in [3.63, 3.8) is 0 Å². The first kappa shape index (κ1) is 24.7. The number of nitrogens with zero attached hydrogens (tertiary/aromatic N) is 4. The minimum atomic E-state index is -3.72. The van der Waals surface area contributed by atoms with Gasteiger partial charge in [-0.3, -0.25) is 9.69 Å². The maximum absolute atomic E-state index is 13.6. The van der Waals surface area contributed by atoms with E-state index in [9.17, 15) is 17.6 Å². The maximum atomic E-state index is 13.6. The summed E-state index contributed by atoms with van der Waals surface area (Å²) in [4.78, 5) is 22.2. The van der Waals surface area contributed by atoms with Crippen molar-refractivity contribution in [2.45, 2.75) is 24.2 Å². The molecule has 1 saturated heterocycles. The summed E-state index contributed by atoms with van der Waals surface area (Å²) in [7, 11) is 0.287. The average molecular weight is 505 g/mol. The molecule has 1 aromatic heterocycles. The molecule has 0 bridgehead atoms. The summed E-state index contributed by atoms with van der Waals surface area (Å²) in [6, 6.07) is 12.7. The zero-order chi connectivity index (χ0) is 24.3. The monoisotopic (exact) mass is 504 g/mol. The van der Waals surface area contributed by atoms with E-state index in [-0.39, 0.29) is 29.8 Å². The van der Waals surface area contributed by atoms with Crippen LogP contribution in [0.15, 0.2) is 53.4 Å². The van der Waals surface area contributed by atoms with Crippen LogP contribution in [0.4, 0.5) is 9.52 Å². The number of carbonyl (C=O) groups is 1. The Labute approximate surface area is 203 Å². The van der Waals surface area contributed by atoms with E-state index in [0.29, 0.717) is 24.5 Å². The molecule has 1 aliphatic heterocycles. The second-order valence-electron chi connectivity index (χ2n) is 8.74. The van der Waals surface area contributed by atoms with E-state index in [1.165, 1.54) is 27.8 Å². The number of halogens is 1. The Bertz CT molecular complexity index is 1200. The summed E-state index contributed by atoms with van der Waals surface area (Å²) in [6.07, 6.45) is 1.69. The molecule has 0 unspecified atom stereocenters. The first-order valence-electron chi connectivity index (χ1n) is 11.3. The molecule has 10 heteroatoms.